The number of pyridine rings is 2. The molecule has 2 aromatic heterocycles. The summed E-state index contributed by atoms with van der Waals surface area (Å²) in [5.74, 6) is 0. The van der Waals surface area contributed by atoms with E-state index in [1.54, 1.807) is 0 Å². The molecular weight excluding hydrogens is 172 g/mol. The first kappa shape index (κ1) is 3.02. The van der Waals surface area contributed by atoms with Gasteiger partial charge in [0.05, 0.1) is 22.0 Å². The molecule has 0 N–H and O–H groups in total. The Kier molecular flexibility index (Phi) is 0.598. The molecule has 0 radical (unpaired) electrons. The predicted molar refractivity (Wildman–Crippen MR) is 57.0 cm³/mol. The van der Waals surface area contributed by atoms with E-state index in [9.17, 15) is 0 Å². The third-order valence-corrected chi connectivity index (χ3v) is 1.83. The molecule has 0 spiro atoms. The van der Waals surface area contributed by atoms with Crippen molar-refractivity contribution in [1.29, 1.82) is 0 Å². The van der Waals surface area contributed by atoms with Crippen molar-refractivity contribution in [2.45, 2.75) is 0 Å². The van der Waals surface area contributed by atoms with Gasteiger partial charge in [-0.3, -0.25) is 9.97 Å². The molecule has 0 unspecified atom stereocenters. The minimum absolute atomic E-state index is 0.0657. The van der Waals surface area contributed by atoms with Gasteiger partial charge in [-0.2, -0.15) is 0 Å². The average Bonchev–Trinajstić information content (AvgIpc) is 2.47. The number of aromatic nitrogens is 2. The van der Waals surface area contributed by atoms with E-state index < -0.39 is 48.6 Å². The first-order valence-electron chi connectivity index (χ1n) is 7.89. The average molecular weight is 188 g/mol. The van der Waals surface area contributed by atoms with E-state index in [0.717, 1.165) is 0 Å². The molecule has 0 bridgehead atoms. The van der Waals surface area contributed by atoms with Gasteiger partial charge in [0.2, 0.25) is 0 Å². The predicted octanol–water partition coefficient (Wildman–Crippen LogP) is 2.78. The van der Waals surface area contributed by atoms with E-state index in [0.29, 0.717) is 0 Å². The topological polar surface area (TPSA) is 25.8 Å². The third-order valence-electron chi connectivity index (χ3n) is 1.83. The molecule has 0 fully saturated rings. The fourth-order valence-electron chi connectivity index (χ4n) is 1.23. The Hall–Kier alpha value is -1.96. The molecule has 0 saturated carbocycles. The van der Waals surface area contributed by atoms with Gasteiger partial charge in [0.1, 0.15) is 0 Å². The summed E-state index contributed by atoms with van der Waals surface area (Å²) < 4.78 is 62.2. The smallest absolute Gasteiger partial charge is 0.0964 e. The van der Waals surface area contributed by atoms with Crippen LogP contribution in [0.15, 0.2) is 48.6 Å². The molecule has 66 valence electrons. The highest BCUT2D eigenvalue weighted by Gasteiger charge is 2.00. The Balaban J connectivity index is 2.74. The minimum Gasteiger partial charge on any atom is -0.254 e. The number of benzene rings is 1. The number of hydrogen-bond acceptors (Lipinski definition) is 2. The van der Waals surface area contributed by atoms with Crippen LogP contribution in [0.1, 0.15) is 11.0 Å². The highest BCUT2D eigenvalue weighted by Crippen LogP contribution is 2.20. The first-order chi connectivity index (χ1) is 10.3. The van der Waals surface area contributed by atoms with Crippen molar-refractivity contribution in [3.05, 3.63) is 48.6 Å². The first-order valence-corrected chi connectivity index (χ1v) is 3.89. The lowest BCUT2D eigenvalue weighted by molar-refractivity contribution is 1.37. The molecule has 14 heavy (non-hydrogen) atoms. The Labute approximate surface area is 92.5 Å². The van der Waals surface area contributed by atoms with Crippen LogP contribution in [0.5, 0.6) is 0 Å². The molecule has 0 aliphatic heterocycles. The Bertz CT molecular complexity index is 891. The Morgan fingerprint density at radius 1 is 0.786 bits per heavy atom. The standard InChI is InChI=1S/C12H8N2/c1-3-9-5-6-10-4-2-8-14-12(10)11(9)13-7-1/h1-8H/i1D,2D,3D,4D,5D,6D,7D,8D. The summed E-state index contributed by atoms with van der Waals surface area (Å²) in [5.41, 5.74) is -0.131. The van der Waals surface area contributed by atoms with Crippen LogP contribution in [0.4, 0.5) is 0 Å². The van der Waals surface area contributed by atoms with Gasteiger partial charge in [-0.05, 0) is 12.1 Å². The summed E-state index contributed by atoms with van der Waals surface area (Å²) in [6.07, 6.45) is -0.962. The Morgan fingerprint density at radius 2 is 1.29 bits per heavy atom. The van der Waals surface area contributed by atoms with E-state index >= 15 is 0 Å². The van der Waals surface area contributed by atoms with Gasteiger partial charge >= 0.3 is 0 Å². The molecule has 0 atom stereocenters. The summed E-state index contributed by atoms with van der Waals surface area (Å²) in [5, 5.41) is -0.218. The van der Waals surface area contributed by atoms with Crippen LogP contribution in [0, 0.1) is 0 Å². The van der Waals surface area contributed by atoms with Crippen LogP contribution in [-0.2, 0) is 0 Å². The zero-order valence-electron chi connectivity index (χ0n) is 14.9. The molecule has 2 heteroatoms. The van der Waals surface area contributed by atoms with E-state index in [1.807, 2.05) is 0 Å². The molecule has 3 rings (SSSR count). The van der Waals surface area contributed by atoms with Crippen molar-refractivity contribution in [2.75, 3.05) is 0 Å². The maximum atomic E-state index is 7.99. The lowest BCUT2D eigenvalue weighted by Crippen LogP contribution is -1.83. The molecule has 0 aliphatic carbocycles. The van der Waals surface area contributed by atoms with Crippen molar-refractivity contribution in [3.8, 4) is 0 Å². The van der Waals surface area contributed by atoms with Gasteiger partial charge in [-0.25, -0.2) is 0 Å². The van der Waals surface area contributed by atoms with E-state index in [4.69, 9.17) is 11.0 Å². The van der Waals surface area contributed by atoms with Crippen LogP contribution >= 0.6 is 0 Å². The fraction of sp³-hybridized carbons (Fsp3) is 0. The SMILES string of the molecule is [2H]c1nc2c(c([2H])c1[2H])c([2H])c([2H])c1c([2H])c([2H])c([2H])nc12. The van der Waals surface area contributed by atoms with Crippen LogP contribution in [-0.4, -0.2) is 9.97 Å². The Morgan fingerprint density at radius 3 is 1.79 bits per heavy atom. The summed E-state index contributed by atoms with van der Waals surface area (Å²) in [6.45, 7) is 0. The number of rotatable bonds is 0. The zero-order chi connectivity index (χ0) is 16.3. The number of nitrogens with zero attached hydrogens (tertiary/aromatic N) is 2. The van der Waals surface area contributed by atoms with Crippen molar-refractivity contribution in [3.63, 3.8) is 0 Å². The summed E-state index contributed by atoms with van der Waals surface area (Å²) >= 11 is 0. The van der Waals surface area contributed by atoms with Crippen molar-refractivity contribution >= 4 is 21.8 Å². The van der Waals surface area contributed by atoms with Gasteiger partial charge in [-0.1, -0.05) is 24.2 Å². The molecule has 2 heterocycles. The normalized spacial score (nSPS) is 18.9. The summed E-state index contributed by atoms with van der Waals surface area (Å²) in [6, 6.07) is -2.56. The molecular formula is C12H8N2. The van der Waals surface area contributed by atoms with Crippen molar-refractivity contribution < 1.29 is 11.0 Å². The molecule has 0 aliphatic rings. The van der Waals surface area contributed by atoms with Crippen LogP contribution in [0.2, 0.25) is 0 Å². The maximum Gasteiger partial charge on any atom is 0.0964 e. The van der Waals surface area contributed by atoms with Gasteiger partial charge in [0.15, 0.2) is 0 Å². The second-order valence-electron chi connectivity index (χ2n) is 2.64. The van der Waals surface area contributed by atoms with Crippen molar-refractivity contribution in [2.24, 2.45) is 0 Å². The van der Waals surface area contributed by atoms with E-state index in [1.165, 1.54) is 0 Å². The van der Waals surface area contributed by atoms with Gasteiger partial charge in [0, 0.05) is 23.1 Å². The van der Waals surface area contributed by atoms with Crippen LogP contribution in [0.3, 0.4) is 0 Å². The molecule has 2 nitrogen and oxygen atoms in total. The van der Waals surface area contributed by atoms with E-state index in [-0.39, 0.29) is 21.8 Å². The lowest BCUT2D eigenvalue weighted by atomic mass is 10.1. The van der Waals surface area contributed by atoms with Gasteiger partial charge in [0.25, 0.3) is 0 Å². The number of fused-ring (bicyclic) bond motifs is 3. The molecule has 0 saturated heterocycles. The summed E-state index contributed by atoms with van der Waals surface area (Å²) in [4.78, 5) is 7.69. The largest absolute Gasteiger partial charge is 0.254 e. The second kappa shape index (κ2) is 2.77. The fourth-order valence-corrected chi connectivity index (χ4v) is 1.23. The van der Waals surface area contributed by atoms with Crippen LogP contribution in [0.25, 0.3) is 21.8 Å². The minimum atomic E-state index is -0.481. The summed E-state index contributed by atoms with van der Waals surface area (Å²) in [7, 11) is 0. The highest BCUT2D eigenvalue weighted by molar-refractivity contribution is 6.02. The second-order valence-corrected chi connectivity index (χ2v) is 2.64. The maximum absolute atomic E-state index is 7.99. The van der Waals surface area contributed by atoms with Gasteiger partial charge in [-0.15, -0.1) is 0 Å². The zero-order valence-corrected chi connectivity index (χ0v) is 6.89. The molecule has 1 aromatic carbocycles. The third kappa shape index (κ3) is 0.973. The number of hydrogen-bond donors (Lipinski definition) is 0. The van der Waals surface area contributed by atoms with Crippen molar-refractivity contribution in [1.82, 2.24) is 9.97 Å². The molecule has 0 amide bonds. The monoisotopic (exact) mass is 188 g/mol. The molecule has 3 aromatic rings. The van der Waals surface area contributed by atoms with E-state index in [2.05, 4.69) is 9.97 Å². The highest BCUT2D eigenvalue weighted by atomic mass is 14.7. The van der Waals surface area contributed by atoms with Crippen LogP contribution < -0.4 is 0 Å². The lowest BCUT2D eigenvalue weighted by Gasteiger charge is -2.00. The quantitative estimate of drug-likeness (QED) is 0.507. The van der Waals surface area contributed by atoms with Gasteiger partial charge < -0.3 is 0 Å².